The molecule has 0 bridgehead atoms. The summed E-state index contributed by atoms with van der Waals surface area (Å²) >= 11 is 3.94. The fourth-order valence-corrected chi connectivity index (χ4v) is 1.08. The van der Waals surface area contributed by atoms with Crippen molar-refractivity contribution in [2.45, 2.75) is 13.0 Å². The van der Waals surface area contributed by atoms with Crippen LogP contribution >= 0.6 is 12.6 Å². The number of rotatable bonds is 3. The average molecular weight is 204 g/mol. The molecule has 1 atom stereocenters. The van der Waals surface area contributed by atoms with Gasteiger partial charge in [0.2, 0.25) is 11.5 Å². The molecule has 4 nitrogen and oxygen atoms in total. The van der Waals surface area contributed by atoms with Crippen LogP contribution < -0.4 is 0 Å². The van der Waals surface area contributed by atoms with Gasteiger partial charge in [0, 0.05) is 5.75 Å². The minimum Gasteiger partial charge on any atom is -0.491 e. The SMILES string of the molecule is CC1=C(OCCS)C(=O)C(O)CO1. The predicted octanol–water partition coefficient (Wildman–Crippen LogP) is 0.124. The standard InChI is InChI=1S/C8H12O4S/c1-5-8(11-2-3-13)7(10)6(9)4-12-5/h6,9,13H,2-4H2,1H3. The van der Waals surface area contributed by atoms with E-state index in [4.69, 9.17) is 14.6 Å². The highest BCUT2D eigenvalue weighted by molar-refractivity contribution is 7.80. The van der Waals surface area contributed by atoms with Gasteiger partial charge in [0.1, 0.15) is 12.4 Å². The molecule has 1 unspecified atom stereocenters. The van der Waals surface area contributed by atoms with Crippen molar-refractivity contribution in [3.8, 4) is 0 Å². The summed E-state index contributed by atoms with van der Waals surface area (Å²) in [4.78, 5) is 11.3. The number of carbonyl (C=O) groups excluding carboxylic acids is 1. The number of Topliss-reactive ketones (excluding diaryl/α,β-unsaturated/α-hetero) is 1. The van der Waals surface area contributed by atoms with Gasteiger partial charge in [-0.3, -0.25) is 4.79 Å². The molecule has 0 fully saturated rings. The molecule has 1 aliphatic heterocycles. The minimum absolute atomic E-state index is 0.0123. The van der Waals surface area contributed by atoms with Gasteiger partial charge in [0.15, 0.2) is 6.10 Å². The lowest BCUT2D eigenvalue weighted by Crippen LogP contribution is -2.33. The van der Waals surface area contributed by atoms with Crippen LogP contribution in [0.25, 0.3) is 0 Å². The van der Waals surface area contributed by atoms with E-state index in [-0.39, 0.29) is 12.4 Å². The number of carbonyl (C=O) groups is 1. The lowest BCUT2D eigenvalue weighted by molar-refractivity contribution is -0.132. The number of allylic oxidation sites excluding steroid dienone is 1. The summed E-state index contributed by atoms with van der Waals surface area (Å²) in [6.45, 7) is 1.98. The van der Waals surface area contributed by atoms with Crippen molar-refractivity contribution in [2.75, 3.05) is 19.0 Å². The zero-order valence-electron chi connectivity index (χ0n) is 7.32. The molecular formula is C8H12O4S. The van der Waals surface area contributed by atoms with E-state index in [0.29, 0.717) is 18.1 Å². The smallest absolute Gasteiger partial charge is 0.232 e. The lowest BCUT2D eigenvalue weighted by atomic mass is 10.1. The third-order valence-corrected chi connectivity index (χ3v) is 1.82. The monoisotopic (exact) mass is 204 g/mol. The Morgan fingerprint density at radius 3 is 3.08 bits per heavy atom. The third-order valence-electron chi connectivity index (χ3n) is 1.64. The van der Waals surface area contributed by atoms with Crippen molar-refractivity contribution in [1.29, 1.82) is 0 Å². The van der Waals surface area contributed by atoms with Gasteiger partial charge in [0.05, 0.1) is 6.61 Å². The van der Waals surface area contributed by atoms with E-state index in [9.17, 15) is 4.79 Å². The van der Waals surface area contributed by atoms with E-state index in [0.717, 1.165) is 0 Å². The number of ketones is 1. The van der Waals surface area contributed by atoms with Crippen LogP contribution in [-0.4, -0.2) is 36.0 Å². The Balaban J connectivity index is 2.70. The molecule has 1 aliphatic rings. The van der Waals surface area contributed by atoms with E-state index in [1.165, 1.54) is 0 Å². The van der Waals surface area contributed by atoms with E-state index < -0.39 is 11.9 Å². The van der Waals surface area contributed by atoms with Gasteiger partial charge in [-0.15, -0.1) is 0 Å². The van der Waals surface area contributed by atoms with Gasteiger partial charge in [0.25, 0.3) is 0 Å². The second-order valence-electron chi connectivity index (χ2n) is 2.65. The highest BCUT2D eigenvalue weighted by Gasteiger charge is 2.29. The van der Waals surface area contributed by atoms with Crippen molar-refractivity contribution >= 4 is 18.4 Å². The molecule has 1 N–H and O–H groups in total. The third kappa shape index (κ3) is 2.38. The van der Waals surface area contributed by atoms with Gasteiger partial charge in [-0.1, -0.05) is 0 Å². The Morgan fingerprint density at radius 2 is 2.46 bits per heavy atom. The molecule has 0 spiro atoms. The lowest BCUT2D eigenvalue weighted by Gasteiger charge is -2.21. The van der Waals surface area contributed by atoms with Crippen LogP contribution in [0, 0.1) is 0 Å². The molecule has 13 heavy (non-hydrogen) atoms. The van der Waals surface area contributed by atoms with Crippen LogP contribution in [-0.2, 0) is 14.3 Å². The topological polar surface area (TPSA) is 55.8 Å². The van der Waals surface area contributed by atoms with Gasteiger partial charge in [-0.25, -0.2) is 0 Å². The van der Waals surface area contributed by atoms with Crippen molar-refractivity contribution < 1.29 is 19.4 Å². The van der Waals surface area contributed by atoms with Gasteiger partial charge >= 0.3 is 0 Å². The van der Waals surface area contributed by atoms with E-state index in [1.807, 2.05) is 0 Å². The van der Waals surface area contributed by atoms with Crippen LogP contribution in [0.15, 0.2) is 11.5 Å². The molecule has 74 valence electrons. The number of aliphatic hydroxyl groups excluding tert-OH is 1. The zero-order valence-corrected chi connectivity index (χ0v) is 8.21. The molecular weight excluding hydrogens is 192 g/mol. The van der Waals surface area contributed by atoms with Crippen LogP contribution in [0.1, 0.15) is 6.92 Å². The number of hydrogen-bond donors (Lipinski definition) is 2. The van der Waals surface area contributed by atoms with E-state index in [2.05, 4.69) is 12.6 Å². The molecule has 0 saturated carbocycles. The Morgan fingerprint density at radius 1 is 1.77 bits per heavy atom. The van der Waals surface area contributed by atoms with Crippen molar-refractivity contribution in [3.05, 3.63) is 11.5 Å². The molecule has 0 saturated heterocycles. The molecule has 0 radical (unpaired) electrons. The molecule has 1 rings (SSSR count). The van der Waals surface area contributed by atoms with Crippen molar-refractivity contribution in [1.82, 2.24) is 0 Å². The fraction of sp³-hybridized carbons (Fsp3) is 0.625. The Bertz CT molecular complexity index is 236. The Labute approximate surface area is 81.9 Å². The fourth-order valence-electron chi connectivity index (χ4n) is 0.990. The number of ether oxygens (including phenoxy) is 2. The number of hydrogen-bond acceptors (Lipinski definition) is 5. The molecule has 0 aromatic carbocycles. The number of thiol groups is 1. The molecule has 0 amide bonds. The van der Waals surface area contributed by atoms with E-state index >= 15 is 0 Å². The van der Waals surface area contributed by atoms with E-state index in [1.54, 1.807) is 6.92 Å². The van der Waals surface area contributed by atoms with Crippen molar-refractivity contribution in [2.24, 2.45) is 0 Å². The second-order valence-corrected chi connectivity index (χ2v) is 3.10. The summed E-state index contributed by atoms with van der Waals surface area (Å²) in [6.07, 6.45) is -1.10. The normalized spacial score (nSPS) is 23.0. The van der Waals surface area contributed by atoms with Gasteiger partial charge in [-0.2, -0.15) is 12.6 Å². The molecule has 0 aromatic heterocycles. The zero-order chi connectivity index (χ0) is 9.84. The largest absolute Gasteiger partial charge is 0.491 e. The molecule has 0 aliphatic carbocycles. The summed E-state index contributed by atoms with van der Waals surface area (Å²) in [5, 5.41) is 9.16. The maximum Gasteiger partial charge on any atom is 0.232 e. The van der Waals surface area contributed by atoms with Gasteiger partial charge < -0.3 is 14.6 Å². The summed E-state index contributed by atoms with van der Waals surface area (Å²) in [5.74, 6) is 0.649. The maximum atomic E-state index is 11.3. The molecule has 0 aromatic rings. The average Bonchev–Trinajstić information content (AvgIpc) is 2.12. The van der Waals surface area contributed by atoms with Crippen molar-refractivity contribution in [3.63, 3.8) is 0 Å². The predicted molar refractivity (Wildman–Crippen MR) is 49.5 cm³/mol. The van der Waals surface area contributed by atoms with Crippen LogP contribution in [0.2, 0.25) is 0 Å². The molecule has 1 heterocycles. The van der Waals surface area contributed by atoms with Crippen LogP contribution in [0.5, 0.6) is 0 Å². The first-order valence-corrected chi connectivity index (χ1v) is 4.59. The quantitative estimate of drug-likeness (QED) is 0.641. The first kappa shape index (κ1) is 10.4. The maximum absolute atomic E-state index is 11.3. The Kier molecular flexibility index (Phi) is 3.62. The second kappa shape index (κ2) is 4.53. The van der Waals surface area contributed by atoms with Crippen LogP contribution in [0.3, 0.4) is 0 Å². The van der Waals surface area contributed by atoms with Crippen LogP contribution in [0.4, 0.5) is 0 Å². The highest BCUT2D eigenvalue weighted by Crippen LogP contribution is 2.16. The summed E-state index contributed by atoms with van der Waals surface area (Å²) in [6, 6.07) is 0. The summed E-state index contributed by atoms with van der Waals surface area (Å²) < 4.78 is 10.1. The first-order valence-electron chi connectivity index (χ1n) is 3.96. The first-order chi connectivity index (χ1) is 6.16. The summed E-state index contributed by atoms with van der Waals surface area (Å²) in [5.41, 5.74) is 0. The summed E-state index contributed by atoms with van der Waals surface area (Å²) in [7, 11) is 0. The number of aliphatic hydroxyl groups is 1. The minimum atomic E-state index is -1.10. The highest BCUT2D eigenvalue weighted by atomic mass is 32.1. The van der Waals surface area contributed by atoms with Gasteiger partial charge in [-0.05, 0) is 6.92 Å². The molecule has 5 heteroatoms. The Hall–Kier alpha value is -0.680.